The fourth-order valence-electron chi connectivity index (χ4n) is 8.75. The first-order valence-electron chi connectivity index (χ1n) is 21.2. The van der Waals surface area contributed by atoms with Crippen LogP contribution in [0.3, 0.4) is 0 Å². The molecular weight excluding hydrogens is 747 g/mol. The van der Waals surface area contributed by atoms with Crippen LogP contribution < -0.4 is 4.90 Å². The fraction of sp³-hybridized carbons (Fsp3) is 0.479. The van der Waals surface area contributed by atoms with Crippen LogP contribution in [0, 0.1) is 17.8 Å². The highest BCUT2D eigenvalue weighted by molar-refractivity contribution is 6.04. The van der Waals surface area contributed by atoms with Crippen LogP contribution in [0.25, 0.3) is 0 Å². The van der Waals surface area contributed by atoms with Crippen LogP contribution in [0.1, 0.15) is 120 Å². The maximum atomic E-state index is 13.7. The summed E-state index contributed by atoms with van der Waals surface area (Å²) in [5.74, 6) is -0.412. The largest absolute Gasteiger partial charge is 0.469 e. The van der Waals surface area contributed by atoms with Crippen molar-refractivity contribution >= 4 is 29.6 Å². The van der Waals surface area contributed by atoms with Gasteiger partial charge in [0.15, 0.2) is 5.76 Å². The maximum Gasteiger partial charge on any atom is 0.338 e. The zero-order valence-corrected chi connectivity index (χ0v) is 34.7. The van der Waals surface area contributed by atoms with Gasteiger partial charge in [0, 0.05) is 37.2 Å². The lowest BCUT2D eigenvalue weighted by molar-refractivity contribution is -0.141. The van der Waals surface area contributed by atoms with Gasteiger partial charge in [-0.15, -0.1) is 0 Å². The van der Waals surface area contributed by atoms with Gasteiger partial charge in [0.2, 0.25) is 0 Å². The topological polar surface area (TPSA) is 128 Å². The van der Waals surface area contributed by atoms with E-state index in [0.717, 1.165) is 76.6 Å². The number of aryl methyl sites for hydroxylation is 1. The number of ether oxygens (including phenoxy) is 3. The minimum Gasteiger partial charge on any atom is -0.469 e. The summed E-state index contributed by atoms with van der Waals surface area (Å²) in [5, 5.41) is 0. The third-order valence-electron chi connectivity index (χ3n) is 12.4. The van der Waals surface area contributed by atoms with Gasteiger partial charge < -0.3 is 23.5 Å². The van der Waals surface area contributed by atoms with Crippen LogP contribution in [-0.2, 0) is 19.0 Å². The Morgan fingerprint density at radius 1 is 0.814 bits per heavy atom. The molecule has 2 aliphatic rings. The number of carbonyl (C=O) groups excluding carboxylic acids is 4. The highest BCUT2D eigenvalue weighted by atomic mass is 16.5. The Balaban J connectivity index is 1.16. The Hall–Kier alpha value is -5.29. The molecule has 0 spiro atoms. The number of benzene rings is 2. The number of amides is 1. The Morgan fingerprint density at radius 3 is 2.02 bits per heavy atom. The van der Waals surface area contributed by atoms with Crippen molar-refractivity contribution in [3.63, 3.8) is 0 Å². The van der Waals surface area contributed by atoms with Crippen molar-refractivity contribution in [2.24, 2.45) is 10.8 Å². The quantitative estimate of drug-likeness (QED) is 0.0668. The number of piperidine rings is 1. The number of nitrogens with zero attached hydrogens (tertiary/aromatic N) is 3. The molecule has 1 saturated carbocycles. The summed E-state index contributed by atoms with van der Waals surface area (Å²) >= 11 is 0. The number of carbonyl (C=O) groups is 4. The number of hydrogen-bond donors (Lipinski definition) is 0. The third-order valence-corrected chi connectivity index (χ3v) is 12.4. The van der Waals surface area contributed by atoms with E-state index >= 15 is 0 Å². The van der Waals surface area contributed by atoms with Gasteiger partial charge in [0.05, 0.1) is 24.5 Å². The number of pyridine rings is 1. The average molecular weight is 806 g/mol. The SMILES string of the molecule is COC(=O)CCCC(CCC1(CCN2CCC(N(C(=O)c3ccco3)c3ccc(C)cn3)CC2)CCCCC1)(COC(=O)c1ccccc1)COC(=O)c1ccccc1. The van der Waals surface area contributed by atoms with Crippen molar-refractivity contribution in [1.82, 2.24) is 9.88 Å². The molecule has 59 heavy (non-hydrogen) atoms. The van der Waals surface area contributed by atoms with E-state index in [1.165, 1.54) is 19.8 Å². The van der Waals surface area contributed by atoms with Crippen LogP contribution in [0.4, 0.5) is 5.82 Å². The number of esters is 3. The lowest BCUT2D eigenvalue weighted by Gasteiger charge is -2.43. The van der Waals surface area contributed by atoms with Crippen molar-refractivity contribution < 1.29 is 37.8 Å². The molecule has 0 N–H and O–H groups in total. The highest BCUT2D eigenvalue weighted by Crippen LogP contribution is 2.47. The van der Waals surface area contributed by atoms with Crippen molar-refractivity contribution in [2.75, 3.05) is 44.9 Å². The molecule has 6 rings (SSSR count). The summed E-state index contributed by atoms with van der Waals surface area (Å²) in [6.07, 6.45) is 14.4. The summed E-state index contributed by atoms with van der Waals surface area (Å²) in [7, 11) is 1.38. The normalized spacial score (nSPS) is 15.9. The second-order valence-corrected chi connectivity index (χ2v) is 16.5. The summed E-state index contributed by atoms with van der Waals surface area (Å²) < 4.78 is 22.6. The molecule has 0 atom stereocenters. The first-order valence-corrected chi connectivity index (χ1v) is 21.2. The first kappa shape index (κ1) is 43.3. The number of hydrogen-bond acceptors (Lipinski definition) is 10. The van der Waals surface area contributed by atoms with E-state index in [2.05, 4.69) is 9.88 Å². The number of furan rings is 1. The number of methoxy groups -OCH3 is 1. The molecule has 11 nitrogen and oxygen atoms in total. The minimum atomic E-state index is -0.723. The van der Waals surface area contributed by atoms with Crippen molar-refractivity contribution in [1.29, 1.82) is 0 Å². The lowest BCUT2D eigenvalue weighted by atomic mass is 9.65. The van der Waals surface area contributed by atoms with Gasteiger partial charge in [-0.1, -0.05) is 61.7 Å². The predicted octanol–water partition coefficient (Wildman–Crippen LogP) is 9.26. The summed E-state index contributed by atoms with van der Waals surface area (Å²) in [5.41, 5.74) is 1.27. The Bertz CT molecular complexity index is 1860. The average Bonchev–Trinajstić information content (AvgIpc) is 3.83. The molecule has 314 valence electrons. The Labute approximate surface area is 348 Å². The molecule has 2 aromatic heterocycles. The second-order valence-electron chi connectivity index (χ2n) is 16.5. The van der Waals surface area contributed by atoms with E-state index in [-0.39, 0.29) is 43.0 Å². The van der Waals surface area contributed by atoms with Crippen LogP contribution in [0.15, 0.2) is 102 Å². The van der Waals surface area contributed by atoms with E-state index in [9.17, 15) is 19.2 Å². The van der Waals surface area contributed by atoms with E-state index in [1.54, 1.807) is 66.9 Å². The van der Waals surface area contributed by atoms with Crippen LogP contribution in [-0.4, -0.2) is 79.7 Å². The van der Waals surface area contributed by atoms with Gasteiger partial charge >= 0.3 is 17.9 Å². The van der Waals surface area contributed by atoms with Crippen molar-refractivity contribution in [2.45, 2.75) is 96.4 Å². The summed E-state index contributed by atoms with van der Waals surface area (Å²) in [6, 6.07) is 25.1. The molecule has 1 saturated heterocycles. The van der Waals surface area contributed by atoms with Crippen LogP contribution >= 0.6 is 0 Å². The second kappa shape index (κ2) is 21.1. The number of anilines is 1. The number of aromatic nitrogens is 1. The first-order chi connectivity index (χ1) is 28.7. The molecule has 2 fully saturated rings. The summed E-state index contributed by atoms with van der Waals surface area (Å²) in [6.45, 7) is 4.74. The van der Waals surface area contributed by atoms with Gasteiger partial charge in [0.1, 0.15) is 19.0 Å². The molecule has 0 radical (unpaired) electrons. The predicted molar refractivity (Wildman–Crippen MR) is 225 cm³/mol. The third kappa shape index (κ3) is 12.1. The van der Waals surface area contributed by atoms with Gasteiger partial charge in [-0.3, -0.25) is 14.5 Å². The molecule has 0 unspecified atom stereocenters. The highest BCUT2D eigenvalue weighted by Gasteiger charge is 2.40. The zero-order chi connectivity index (χ0) is 41.5. The minimum absolute atomic E-state index is 0.00880. The molecule has 4 aromatic rings. The standard InChI is InChI=1S/C48H59N3O8/c1-37-20-21-42(49-34-37)51(44(53)41-18-13-33-57-41)40-22-30-50(31-23-40)32-29-47(24-10-5-11-25-47)27-28-48(26-12-19-43(52)56-2,35-58-45(54)38-14-6-3-7-15-38)36-59-46(55)39-16-8-4-9-17-39/h3-4,6-9,13-18,20-21,33-34,40H,5,10-12,19,22-32,35-36H2,1-2H3. The van der Waals surface area contributed by atoms with Gasteiger partial charge in [-0.25, -0.2) is 14.6 Å². The smallest absolute Gasteiger partial charge is 0.338 e. The summed E-state index contributed by atoms with van der Waals surface area (Å²) in [4.78, 5) is 61.7. The van der Waals surface area contributed by atoms with Gasteiger partial charge in [-0.2, -0.15) is 0 Å². The fourth-order valence-corrected chi connectivity index (χ4v) is 8.75. The van der Waals surface area contributed by atoms with E-state index in [4.69, 9.17) is 18.6 Å². The molecule has 1 amide bonds. The number of rotatable bonds is 19. The van der Waals surface area contributed by atoms with Crippen molar-refractivity contribution in [3.05, 3.63) is 120 Å². The van der Waals surface area contributed by atoms with Crippen LogP contribution in [0.5, 0.6) is 0 Å². The van der Waals surface area contributed by atoms with E-state index in [0.29, 0.717) is 42.0 Å². The maximum absolute atomic E-state index is 13.7. The molecule has 2 aromatic carbocycles. The molecule has 1 aliphatic heterocycles. The Kier molecular flexibility index (Phi) is 15.5. The zero-order valence-electron chi connectivity index (χ0n) is 34.7. The molecule has 1 aliphatic carbocycles. The lowest BCUT2D eigenvalue weighted by Crippen LogP contribution is -2.48. The number of likely N-dealkylation sites (tertiary alicyclic amines) is 1. The molecular formula is C48H59N3O8. The van der Waals surface area contributed by atoms with E-state index < -0.39 is 17.4 Å². The van der Waals surface area contributed by atoms with Gasteiger partial charge in [0.25, 0.3) is 5.91 Å². The van der Waals surface area contributed by atoms with E-state index in [1.807, 2.05) is 36.1 Å². The monoisotopic (exact) mass is 805 g/mol. The molecule has 3 heterocycles. The molecule has 0 bridgehead atoms. The van der Waals surface area contributed by atoms with Crippen LogP contribution in [0.2, 0.25) is 0 Å². The van der Waals surface area contributed by atoms with Crippen molar-refractivity contribution in [3.8, 4) is 0 Å². The molecule has 11 heteroatoms. The van der Waals surface area contributed by atoms with Gasteiger partial charge in [-0.05, 0) is 125 Å². The Morgan fingerprint density at radius 2 is 1.46 bits per heavy atom.